The summed E-state index contributed by atoms with van der Waals surface area (Å²) in [4.78, 5) is 16.0. The summed E-state index contributed by atoms with van der Waals surface area (Å²) < 4.78 is 1.91. The van der Waals surface area contributed by atoms with Crippen LogP contribution in [0, 0.1) is 13.8 Å². The number of aromatic nitrogens is 5. The second-order valence-electron chi connectivity index (χ2n) is 6.91. The minimum absolute atomic E-state index is 0.182. The topological polar surface area (TPSA) is 68.8 Å². The molecule has 7 heteroatoms. The van der Waals surface area contributed by atoms with E-state index >= 15 is 0 Å². The molecular weight excluding hydrogens is 364 g/mol. The largest absolute Gasteiger partial charge is 0.336 e. The van der Waals surface area contributed by atoms with Crippen LogP contribution in [-0.4, -0.2) is 42.6 Å². The zero-order valence-corrected chi connectivity index (χ0v) is 16.6. The van der Waals surface area contributed by atoms with Crippen LogP contribution in [0.4, 0.5) is 0 Å². The lowest BCUT2D eigenvalue weighted by Gasteiger charge is -2.16. The number of nitrogens with zero attached hydrogens (tertiary/aromatic N) is 6. The van der Waals surface area contributed by atoms with Crippen molar-refractivity contribution in [1.29, 1.82) is 0 Å². The summed E-state index contributed by atoms with van der Waals surface area (Å²) >= 11 is 0. The molecule has 0 bridgehead atoms. The molecule has 0 fully saturated rings. The van der Waals surface area contributed by atoms with E-state index in [9.17, 15) is 4.79 Å². The summed E-state index contributed by atoms with van der Waals surface area (Å²) in [5.41, 5.74) is 5.06. The Morgan fingerprint density at radius 3 is 2.21 bits per heavy atom. The summed E-state index contributed by atoms with van der Waals surface area (Å²) in [6, 6.07) is 19.5. The highest BCUT2D eigenvalue weighted by molar-refractivity contribution is 5.91. The quantitative estimate of drug-likeness (QED) is 0.528. The lowest BCUT2D eigenvalue weighted by atomic mass is 10.2. The van der Waals surface area contributed by atoms with E-state index in [0.29, 0.717) is 12.2 Å². The summed E-state index contributed by atoms with van der Waals surface area (Å²) in [6.07, 6.45) is 1.50. The van der Waals surface area contributed by atoms with Gasteiger partial charge in [-0.05, 0) is 38.1 Å². The van der Waals surface area contributed by atoms with Crippen molar-refractivity contribution in [3.05, 3.63) is 89.5 Å². The molecule has 146 valence electrons. The fourth-order valence-electron chi connectivity index (χ4n) is 3.28. The van der Waals surface area contributed by atoms with Gasteiger partial charge in [0, 0.05) is 24.8 Å². The van der Waals surface area contributed by atoms with Gasteiger partial charge >= 0.3 is 0 Å². The molecule has 0 saturated heterocycles. The molecular formula is C22H22N6O. The molecule has 0 aliphatic rings. The van der Waals surface area contributed by atoms with Crippen LogP contribution in [-0.2, 0) is 6.54 Å². The van der Waals surface area contributed by atoms with Crippen molar-refractivity contribution in [1.82, 2.24) is 29.7 Å². The first-order valence-corrected chi connectivity index (χ1v) is 9.38. The number of carbonyl (C=O) groups is 1. The smallest absolute Gasteiger partial charge is 0.276 e. The summed E-state index contributed by atoms with van der Waals surface area (Å²) in [5, 5.41) is 13.2. The average Bonchev–Trinajstić information content (AvgIpc) is 3.35. The Labute approximate surface area is 169 Å². The summed E-state index contributed by atoms with van der Waals surface area (Å²) in [6.45, 7) is 4.43. The monoisotopic (exact) mass is 386 g/mol. The van der Waals surface area contributed by atoms with Crippen molar-refractivity contribution in [3.63, 3.8) is 0 Å². The van der Waals surface area contributed by atoms with Crippen LogP contribution in [0.25, 0.3) is 11.4 Å². The molecule has 4 rings (SSSR count). The first-order valence-electron chi connectivity index (χ1n) is 9.38. The highest BCUT2D eigenvalue weighted by atomic mass is 16.2. The van der Waals surface area contributed by atoms with Crippen LogP contribution in [0.15, 0.2) is 66.9 Å². The van der Waals surface area contributed by atoms with Crippen molar-refractivity contribution in [2.75, 3.05) is 7.05 Å². The Balaban J connectivity index is 1.54. The first-order chi connectivity index (χ1) is 14.0. The Bertz CT molecular complexity index is 1130. The summed E-state index contributed by atoms with van der Waals surface area (Å²) in [7, 11) is 1.77. The zero-order valence-electron chi connectivity index (χ0n) is 16.6. The predicted octanol–water partition coefficient (Wildman–Crippen LogP) is 3.34. The first kappa shape index (κ1) is 18.6. The number of benzene rings is 2. The van der Waals surface area contributed by atoms with Gasteiger partial charge in [-0.15, -0.1) is 5.10 Å². The van der Waals surface area contributed by atoms with E-state index in [1.807, 2.05) is 79.2 Å². The molecule has 7 nitrogen and oxygen atoms in total. The maximum Gasteiger partial charge on any atom is 0.276 e. The highest BCUT2D eigenvalue weighted by Crippen LogP contribution is 2.19. The molecule has 2 aromatic carbocycles. The van der Waals surface area contributed by atoms with E-state index in [4.69, 9.17) is 0 Å². The van der Waals surface area contributed by atoms with E-state index < -0.39 is 0 Å². The number of carbonyl (C=O) groups excluding carboxylic acids is 1. The van der Waals surface area contributed by atoms with Crippen LogP contribution in [0.1, 0.15) is 27.4 Å². The Morgan fingerprint density at radius 2 is 1.55 bits per heavy atom. The maximum absolute atomic E-state index is 12.9. The molecule has 0 aliphatic carbocycles. The maximum atomic E-state index is 12.9. The van der Waals surface area contributed by atoms with Gasteiger partial charge in [-0.25, -0.2) is 4.68 Å². The van der Waals surface area contributed by atoms with Gasteiger partial charge < -0.3 is 4.90 Å². The molecule has 0 unspecified atom stereocenters. The second-order valence-corrected chi connectivity index (χ2v) is 6.91. The van der Waals surface area contributed by atoms with Crippen LogP contribution < -0.4 is 0 Å². The fraction of sp³-hybridized carbons (Fsp3) is 0.182. The molecule has 0 radical (unpaired) electrons. The molecule has 0 atom stereocenters. The zero-order chi connectivity index (χ0) is 20.4. The van der Waals surface area contributed by atoms with Crippen molar-refractivity contribution < 1.29 is 4.79 Å². The Morgan fingerprint density at radius 1 is 0.931 bits per heavy atom. The van der Waals surface area contributed by atoms with Gasteiger partial charge in [0.25, 0.3) is 5.91 Å². The minimum Gasteiger partial charge on any atom is -0.336 e. The van der Waals surface area contributed by atoms with Gasteiger partial charge in [0.15, 0.2) is 5.69 Å². The van der Waals surface area contributed by atoms with Gasteiger partial charge in [0.1, 0.15) is 0 Å². The van der Waals surface area contributed by atoms with Crippen molar-refractivity contribution in [3.8, 4) is 11.4 Å². The number of rotatable bonds is 5. The molecule has 0 saturated carbocycles. The van der Waals surface area contributed by atoms with E-state index in [1.54, 1.807) is 11.9 Å². The number of para-hydroxylation sites is 2. The molecule has 0 aliphatic heterocycles. The normalized spacial score (nSPS) is 10.9. The van der Waals surface area contributed by atoms with Gasteiger partial charge in [-0.1, -0.05) is 36.4 Å². The number of hydrogen-bond acceptors (Lipinski definition) is 4. The van der Waals surface area contributed by atoms with E-state index in [0.717, 1.165) is 28.3 Å². The van der Waals surface area contributed by atoms with Crippen molar-refractivity contribution in [2.45, 2.75) is 20.4 Å². The third-order valence-corrected chi connectivity index (χ3v) is 4.88. The lowest BCUT2D eigenvalue weighted by Crippen LogP contribution is -2.27. The van der Waals surface area contributed by atoms with E-state index in [1.165, 1.54) is 11.0 Å². The second kappa shape index (κ2) is 7.71. The number of aryl methyl sites for hydroxylation is 1. The molecule has 2 aromatic heterocycles. The van der Waals surface area contributed by atoms with Crippen LogP contribution >= 0.6 is 0 Å². The Kier molecular flexibility index (Phi) is 4.95. The van der Waals surface area contributed by atoms with Crippen LogP contribution in [0.3, 0.4) is 0 Å². The average molecular weight is 386 g/mol. The molecule has 0 spiro atoms. The van der Waals surface area contributed by atoms with Gasteiger partial charge in [-0.2, -0.15) is 15.0 Å². The number of hydrogen-bond donors (Lipinski definition) is 0. The minimum atomic E-state index is -0.182. The molecule has 1 amide bonds. The SMILES string of the molecule is Cc1nn(-c2ccccc2)c(C)c1CN(C)C(=O)c1cnn(-c2ccccc2)n1. The molecule has 0 N–H and O–H groups in total. The lowest BCUT2D eigenvalue weighted by molar-refractivity contribution is 0.0778. The van der Waals surface area contributed by atoms with Gasteiger partial charge in [0.2, 0.25) is 0 Å². The third kappa shape index (κ3) is 3.67. The van der Waals surface area contributed by atoms with Crippen molar-refractivity contribution >= 4 is 5.91 Å². The van der Waals surface area contributed by atoms with E-state index in [-0.39, 0.29) is 5.91 Å². The molecule has 29 heavy (non-hydrogen) atoms. The fourth-order valence-corrected chi connectivity index (χ4v) is 3.28. The number of amides is 1. The third-order valence-electron chi connectivity index (χ3n) is 4.88. The van der Waals surface area contributed by atoms with Gasteiger partial charge in [0.05, 0.1) is 23.3 Å². The summed E-state index contributed by atoms with van der Waals surface area (Å²) in [5.74, 6) is -0.182. The van der Waals surface area contributed by atoms with Crippen molar-refractivity contribution in [2.24, 2.45) is 0 Å². The van der Waals surface area contributed by atoms with E-state index in [2.05, 4.69) is 15.3 Å². The predicted molar refractivity (Wildman–Crippen MR) is 110 cm³/mol. The standard InChI is InChI=1S/C22H22N6O/c1-16-20(17(2)27(24-16)18-10-6-4-7-11-18)15-26(3)22(29)21-14-23-28(25-21)19-12-8-5-9-13-19/h4-14H,15H2,1-3H3. The molecule has 4 aromatic rings. The van der Waals surface area contributed by atoms with Gasteiger partial charge in [-0.3, -0.25) is 4.79 Å². The highest BCUT2D eigenvalue weighted by Gasteiger charge is 2.20. The molecule has 2 heterocycles. The Hall–Kier alpha value is -3.74. The van der Waals surface area contributed by atoms with Crippen LogP contribution in [0.2, 0.25) is 0 Å². The van der Waals surface area contributed by atoms with Crippen LogP contribution in [0.5, 0.6) is 0 Å².